The molecule has 0 aliphatic carbocycles. The third-order valence-corrected chi connectivity index (χ3v) is 6.84. The highest BCUT2D eigenvalue weighted by Crippen LogP contribution is 2.35. The van der Waals surface area contributed by atoms with Gasteiger partial charge in [0.1, 0.15) is 0 Å². The Bertz CT molecular complexity index is 984. The fourth-order valence-electron chi connectivity index (χ4n) is 5.15. The van der Waals surface area contributed by atoms with Crippen molar-refractivity contribution in [1.29, 1.82) is 0 Å². The van der Waals surface area contributed by atoms with Gasteiger partial charge in [-0.15, -0.1) is 0 Å². The molecule has 2 heterocycles. The second-order valence-electron chi connectivity index (χ2n) is 10.4. The van der Waals surface area contributed by atoms with Gasteiger partial charge >= 0.3 is 6.03 Å². The van der Waals surface area contributed by atoms with Gasteiger partial charge in [0.2, 0.25) is 5.91 Å². The van der Waals surface area contributed by atoms with Crippen LogP contribution in [0.5, 0.6) is 0 Å². The van der Waals surface area contributed by atoms with E-state index in [2.05, 4.69) is 53.8 Å². The standard InChI is InChI=1S/C28H39N5O2/c1-20(2)18-33-28(35)32(19-29-33)25-12-10-24(11-13-25)31-16-14-23(15-17-31)26(27(34)30-21(3)4)22-8-6-5-7-9-22/h5-13,20-21,23,26,29H,14-19H2,1-4H3,(H,30,34). The Labute approximate surface area is 209 Å². The van der Waals surface area contributed by atoms with Crippen molar-refractivity contribution in [2.75, 3.05) is 36.1 Å². The van der Waals surface area contributed by atoms with E-state index in [-0.39, 0.29) is 23.9 Å². The summed E-state index contributed by atoms with van der Waals surface area (Å²) in [6.07, 6.45) is 1.93. The Morgan fingerprint density at radius 2 is 1.60 bits per heavy atom. The molecule has 4 rings (SSSR count). The van der Waals surface area contributed by atoms with E-state index in [1.54, 1.807) is 9.91 Å². The molecule has 0 spiro atoms. The zero-order chi connectivity index (χ0) is 24.9. The van der Waals surface area contributed by atoms with Gasteiger partial charge in [0, 0.05) is 37.1 Å². The zero-order valence-electron chi connectivity index (χ0n) is 21.4. The van der Waals surface area contributed by atoms with Gasteiger partial charge < -0.3 is 10.2 Å². The Kier molecular flexibility index (Phi) is 7.96. The predicted octanol–water partition coefficient (Wildman–Crippen LogP) is 4.57. The van der Waals surface area contributed by atoms with Crippen LogP contribution in [-0.4, -0.2) is 49.3 Å². The lowest BCUT2D eigenvalue weighted by Gasteiger charge is -2.37. The smallest absolute Gasteiger partial charge is 0.340 e. The molecular formula is C28H39N5O2. The van der Waals surface area contributed by atoms with Crippen LogP contribution in [0.3, 0.4) is 0 Å². The summed E-state index contributed by atoms with van der Waals surface area (Å²) in [5.41, 5.74) is 6.35. The molecule has 0 saturated carbocycles. The molecule has 3 amide bonds. The van der Waals surface area contributed by atoms with Crippen LogP contribution in [0.25, 0.3) is 0 Å². The minimum absolute atomic E-state index is 0.00103. The molecule has 7 nitrogen and oxygen atoms in total. The molecule has 0 bridgehead atoms. The summed E-state index contributed by atoms with van der Waals surface area (Å²) in [7, 11) is 0. The van der Waals surface area contributed by atoms with Crippen molar-refractivity contribution in [2.45, 2.75) is 52.5 Å². The minimum Gasteiger partial charge on any atom is -0.372 e. The van der Waals surface area contributed by atoms with Gasteiger partial charge in [-0.05, 0) is 68.4 Å². The van der Waals surface area contributed by atoms with Crippen molar-refractivity contribution < 1.29 is 9.59 Å². The Hall–Kier alpha value is -3.06. The summed E-state index contributed by atoms with van der Waals surface area (Å²) < 4.78 is 0. The zero-order valence-corrected chi connectivity index (χ0v) is 21.4. The SMILES string of the molecule is CC(C)CN1NCN(c2ccc(N3CCC(C(C(=O)NC(C)C)c4ccccc4)CC3)cc2)C1=O. The number of amides is 3. The highest BCUT2D eigenvalue weighted by molar-refractivity contribution is 5.93. The molecule has 2 fully saturated rings. The van der Waals surface area contributed by atoms with Crippen molar-refractivity contribution in [3.05, 3.63) is 60.2 Å². The molecule has 2 aromatic carbocycles. The fraction of sp³-hybridized carbons (Fsp3) is 0.500. The number of hydrogen-bond donors (Lipinski definition) is 2. The average molecular weight is 478 g/mol. The third kappa shape index (κ3) is 5.96. The second kappa shape index (κ2) is 11.1. The number of nitrogens with zero attached hydrogens (tertiary/aromatic N) is 3. The van der Waals surface area contributed by atoms with Crippen LogP contribution in [0.1, 0.15) is 52.0 Å². The molecule has 188 valence electrons. The number of carbonyl (C=O) groups excluding carboxylic acids is 2. The van der Waals surface area contributed by atoms with Crippen LogP contribution in [0.15, 0.2) is 54.6 Å². The summed E-state index contributed by atoms with van der Waals surface area (Å²) in [5.74, 6) is 0.733. The maximum Gasteiger partial charge on any atom is 0.340 e. The van der Waals surface area contributed by atoms with E-state index in [0.29, 0.717) is 25.0 Å². The van der Waals surface area contributed by atoms with Gasteiger partial charge in [-0.25, -0.2) is 10.2 Å². The van der Waals surface area contributed by atoms with Crippen molar-refractivity contribution in [3.63, 3.8) is 0 Å². The summed E-state index contributed by atoms with van der Waals surface area (Å²) in [6.45, 7) is 11.3. The molecule has 1 unspecified atom stereocenters. The van der Waals surface area contributed by atoms with E-state index >= 15 is 0 Å². The number of benzene rings is 2. The van der Waals surface area contributed by atoms with Crippen LogP contribution in [0.4, 0.5) is 16.2 Å². The molecule has 0 aromatic heterocycles. The number of piperidine rings is 1. The Balaban J connectivity index is 1.39. The van der Waals surface area contributed by atoms with Gasteiger partial charge in [0.25, 0.3) is 0 Å². The number of urea groups is 1. The summed E-state index contributed by atoms with van der Waals surface area (Å²) in [6, 6.07) is 18.6. The van der Waals surface area contributed by atoms with E-state index in [9.17, 15) is 9.59 Å². The van der Waals surface area contributed by atoms with E-state index < -0.39 is 0 Å². The highest BCUT2D eigenvalue weighted by Gasteiger charge is 2.33. The number of anilines is 2. The van der Waals surface area contributed by atoms with Crippen LogP contribution in [0.2, 0.25) is 0 Å². The first-order chi connectivity index (χ1) is 16.8. The molecule has 0 radical (unpaired) electrons. The van der Waals surface area contributed by atoms with Gasteiger partial charge in [-0.3, -0.25) is 14.7 Å². The molecule has 7 heteroatoms. The molecule has 2 saturated heterocycles. The van der Waals surface area contributed by atoms with Crippen LogP contribution < -0.4 is 20.5 Å². The quantitative estimate of drug-likeness (QED) is 0.584. The number of carbonyl (C=O) groups is 2. The predicted molar refractivity (Wildman–Crippen MR) is 141 cm³/mol. The first-order valence-corrected chi connectivity index (χ1v) is 12.9. The molecule has 35 heavy (non-hydrogen) atoms. The van der Waals surface area contributed by atoms with Crippen LogP contribution >= 0.6 is 0 Å². The van der Waals surface area contributed by atoms with E-state index in [0.717, 1.165) is 42.9 Å². The second-order valence-corrected chi connectivity index (χ2v) is 10.4. The maximum absolute atomic E-state index is 13.1. The molecular weight excluding hydrogens is 438 g/mol. The lowest BCUT2D eigenvalue weighted by atomic mass is 9.79. The minimum atomic E-state index is -0.120. The van der Waals surface area contributed by atoms with E-state index in [4.69, 9.17) is 0 Å². The van der Waals surface area contributed by atoms with Crippen molar-refractivity contribution in [2.24, 2.45) is 11.8 Å². The molecule has 1 atom stereocenters. The largest absolute Gasteiger partial charge is 0.372 e. The Morgan fingerprint density at radius 1 is 0.971 bits per heavy atom. The maximum atomic E-state index is 13.1. The topological polar surface area (TPSA) is 67.9 Å². The fourth-order valence-corrected chi connectivity index (χ4v) is 5.15. The first kappa shape index (κ1) is 25.0. The van der Waals surface area contributed by atoms with E-state index in [1.165, 1.54) is 0 Å². The van der Waals surface area contributed by atoms with Crippen molar-refractivity contribution >= 4 is 23.3 Å². The van der Waals surface area contributed by atoms with Crippen LogP contribution in [-0.2, 0) is 4.79 Å². The van der Waals surface area contributed by atoms with Crippen molar-refractivity contribution in [3.8, 4) is 0 Å². The Morgan fingerprint density at radius 3 is 2.20 bits per heavy atom. The molecule has 2 aromatic rings. The van der Waals surface area contributed by atoms with Crippen molar-refractivity contribution in [1.82, 2.24) is 15.8 Å². The third-order valence-electron chi connectivity index (χ3n) is 6.84. The highest BCUT2D eigenvalue weighted by atomic mass is 16.2. The van der Waals surface area contributed by atoms with Gasteiger partial charge in [-0.1, -0.05) is 44.2 Å². The number of rotatable bonds is 8. The normalized spacial score (nSPS) is 18.0. The van der Waals surface area contributed by atoms with Gasteiger partial charge in [0.05, 0.1) is 12.6 Å². The monoisotopic (exact) mass is 477 g/mol. The molecule has 2 aliphatic heterocycles. The summed E-state index contributed by atoms with van der Waals surface area (Å²) in [4.78, 5) is 30.0. The molecule has 2 aliphatic rings. The average Bonchev–Trinajstić information content (AvgIpc) is 3.19. The first-order valence-electron chi connectivity index (χ1n) is 12.9. The number of nitrogens with one attached hydrogen (secondary N) is 2. The van der Waals surface area contributed by atoms with E-state index in [1.807, 2.05) is 44.2 Å². The lowest BCUT2D eigenvalue weighted by molar-refractivity contribution is -0.124. The van der Waals surface area contributed by atoms with Crippen LogP contribution in [0, 0.1) is 11.8 Å². The lowest BCUT2D eigenvalue weighted by Crippen LogP contribution is -2.42. The van der Waals surface area contributed by atoms with Gasteiger partial charge in [0.15, 0.2) is 0 Å². The summed E-state index contributed by atoms with van der Waals surface area (Å²) in [5, 5.41) is 4.83. The summed E-state index contributed by atoms with van der Waals surface area (Å²) >= 11 is 0. The molecule has 2 N–H and O–H groups in total. The number of hydrogen-bond acceptors (Lipinski definition) is 4. The van der Waals surface area contributed by atoms with Gasteiger partial charge in [-0.2, -0.15) is 0 Å². The number of hydrazine groups is 1.